The van der Waals surface area contributed by atoms with Crippen LogP contribution in [-0.2, 0) is 6.54 Å². The van der Waals surface area contributed by atoms with Gasteiger partial charge in [-0.25, -0.2) is 0 Å². The Morgan fingerprint density at radius 3 is 2.70 bits per heavy atom. The highest BCUT2D eigenvalue weighted by Crippen LogP contribution is 2.19. The average molecular weight is 335 g/mol. The number of halogens is 1. The second-order valence-electron chi connectivity index (χ2n) is 4.34. The SMILES string of the molecule is CN(Cc1ccc(Br)cc1)c1cccnc1/C(N)=N/O. The van der Waals surface area contributed by atoms with Gasteiger partial charge in [-0.15, -0.1) is 0 Å². The minimum absolute atomic E-state index is 0.00301. The first-order chi connectivity index (χ1) is 9.61. The number of benzene rings is 1. The van der Waals surface area contributed by atoms with Gasteiger partial charge in [0, 0.05) is 24.3 Å². The molecule has 0 radical (unpaired) electrons. The highest BCUT2D eigenvalue weighted by Gasteiger charge is 2.12. The molecule has 104 valence electrons. The molecule has 0 fully saturated rings. The lowest BCUT2D eigenvalue weighted by Crippen LogP contribution is -2.23. The van der Waals surface area contributed by atoms with Gasteiger partial charge in [-0.05, 0) is 29.8 Å². The van der Waals surface area contributed by atoms with Crippen LogP contribution in [0.15, 0.2) is 52.2 Å². The summed E-state index contributed by atoms with van der Waals surface area (Å²) in [5.41, 5.74) is 8.09. The Morgan fingerprint density at radius 1 is 1.35 bits per heavy atom. The summed E-state index contributed by atoms with van der Waals surface area (Å²) in [6.07, 6.45) is 1.62. The van der Waals surface area contributed by atoms with Crippen LogP contribution in [0.25, 0.3) is 0 Å². The van der Waals surface area contributed by atoms with Gasteiger partial charge in [0.25, 0.3) is 0 Å². The number of nitrogens with two attached hydrogens (primary N) is 1. The van der Waals surface area contributed by atoms with Crippen molar-refractivity contribution in [1.82, 2.24) is 4.98 Å². The Kier molecular flexibility index (Phi) is 4.57. The van der Waals surface area contributed by atoms with Gasteiger partial charge in [-0.2, -0.15) is 0 Å². The van der Waals surface area contributed by atoms with Crippen molar-refractivity contribution in [2.24, 2.45) is 10.9 Å². The summed E-state index contributed by atoms with van der Waals surface area (Å²) in [5.74, 6) is 0.00301. The molecule has 1 aromatic heterocycles. The summed E-state index contributed by atoms with van der Waals surface area (Å²) >= 11 is 3.41. The zero-order valence-corrected chi connectivity index (χ0v) is 12.6. The van der Waals surface area contributed by atoms with E-state index in [1.165, 1.54) is 0 Å². The van der Waals surface area contributed by atoms with Gasteiger partial charge in [0.1, 0.15) is 5.69 Å². The third-order valence-corrected chi connectivity index (χ3v) is 3.41. The number of hydrogen-bond donors (Lipinski definition) is 2. The highest BCUT2D eigenvalue weighted by atomic mass is 79.9. The first-order valence-corrected chi connectivity index (χ1v) is 6.79. The van der Waals surface area contributed by atoms with E-state index in [0.717, 1.165) is 15.7 Å². The standard InChI is InChI=1S/C14H15BrN4O/c1-19(9-10-4-6-11(15)7-5-10)12-3-2-8-17-13(12)14(16)18-20/h2-8,20H,9H2,1H3,(H2,16,18). The summed E-state index contributed by atoms with van der Waals surface area (Å²) in [7, 11) is 1.94. The number of pyridine rings is 1. The van der Waals surface area contributed by atoms with Gasteiger partial charge in [0.05, 0.1) is 5.69 Å². The third-order valence-electron chi connectivity index (χ3n) is 2.88. The van der Waals surface area contributed by atoms with Crippen molar-refractivity contribution < 1.29 is 5.21 Å². The van der Waals surface area contributed by atoms with Crippen molar-refractivity contribution >= 4 is 27.5 Å². The molecular formula is C14H15BrN4O. The molecule has 0 saturated heterocycles. The number of hydrogen-bond acceptors (Lipinski definition) is 4. The van der Waals surface area contributed by atoms with E-state index < -0.39 is 0 Å². The average Bonchev–Trinajstić information content (AvgIpc) is 2.48. The van der Waals surface area contributed by atoms with Crippen LogP contribution in [0.5, 0.6) is 0 Å². The monoisotopic (exact) mass is 334 g/mol. The summed E-state index contributed by atoms with van der Waals surface area (Å²) in [5, 5.41) is 11.8. The maximum atomic E-state index is 8.81. The molecule has 3 N–H and O–H groups in total. The molecule has 0 aliphatic heterocycles. The van der Waals surface area contributed by atoms with Gasteiger partial charge in [0.2, 0.25) is 0 Å². The molecule has 0 atom stereocenters. The van der Waals surface area contributed by atoms with Crippen LogP contribution >= 0.6 is 15.9 Å². The lowest BCUT2D eigenvalue weighted by Gasteiger charge is -2.21. The molecule has 1 aromatic carbocycles. The van der Waals surface area contributed by atoms with Crippen LogP contribution in [-0.4, -0.2) is 23.1 Å². The van der Waals surface area contributed by atoms with E-state index in [-0.39, 0.29) is 5.84 Å². The Labute approximate surface area is 125 Å². The van der Waals surface area contributed by atoms with E-state index in [4.69, 9.17) is 10.9 Å². The molecule has 0 bridgehead atoms. The molecule has 6 heteroatoms. The van der Waals surface area contributed by atoms with Gasteiger partial charge >= 0.3 is 0 Å². The molecule has 0 aliphatic carbocycles. The number of oxime groups is 1. The molecule has 5 nitrogen and oxygen atoms in total. The van der Waals surface area contributed by atoms with E-state index in [2.05, 4.69) is 26.1 Å². The molecule has 0 amide bonds. The summed E-state index contributed by atoms with van der Waals surface area (Å²) in [4.78, 5) is 6.16. The smallest absolute Gasteiger partial charge is 0.190 e. The number of aromatic nitrogens is 1. The van der Waals surface area contributed by atoms with Crippen molar-refractivity contribution in [2.75, 3.05) is 11.9 Å². The van der Waals surface area contributed by atoms with E-state index in [9.17, 15) is 0 Å². The first-order valence-electron chi connectivity index (χ1n) is 6.00. The fourth-order valence-corrected chi connectivity index (χ4v) is 2.16. The van der Waals surface area contributed by atoms with Crippen LogP contribution in [0.2, 0.25) is 0 Å². The highest BCUT2D eigenvalue weighted by molar-refractivity contribution is 9.10. The first kappa shape index (κ1) is 14.3. The van der Waals surface area contributed by atoms with Crippen LogP contribution in [0.4, 0.5) is 5.69 Å². The lowest BCUT2D eigenvalue weighted by molar-refractivity contribution is 0.318. The minimum Gasteiger partial charge on any atom is -0.409 e. The molecule has 0 saturated carbocycles. The van der Waals surface area contributed by atoms with Gasteiger partial charge in [-0.3, -0.25) is 4.98 Å². The van der Waals surface area contributed by atoms with Crippen molar-refractivity contribution in [1.29, 1.82) is 0 Å². The minimum atomic E-state index is 0.00301. The number of anilines is 1. The topological polar surface area (TPSA) is 74.7 Å². The van der Waals surface area contributed by atoms with Crippen molar-refractivity contribution in [2.45, 2.75) is 6.54 Å². The number of amidine groups is 1. The van der Waals surface area contributed by atoms with Crippen molar-refractivity contribution in [3.8, 4) is 0 Å². The predicted molar refractivity (Wildman–Crippen MR) is 83.0 cm³/mol. The fourth-order valence-electron chi connectivity index (χ4n) is 1.90. The van der Waals surface area contributed by atoms with Crippen molar-refractivity contribution in [3.63, 3.8) is 0 Å². The quantitative estimate of drug-likeness (QED) is 0.390. The molecule has 0 aliphatic rings. The zero-order chi connectivity index (χ0) is 14.5. The Balaban J connectivity index is 2.25. The number of nitrogens with zero attached hydrogens (tertiary/aromatic N) is 3. The molecule has 2 aromatic rings. The van der Waals surface area contributed by atoms with Crippen LogP contribution in [0.1, 0.15) is 11.3 Å². The Hall–Kier alpha value is -2.08. The summed E-state index contributed by atoms with van der Waals surface area (Å²) in [6, 6.07) is 11.8. The second-order valence-corrected chi connectivity index (χ2v) is 5.25. The van der Waals surface area contributed by atoms with Gasteiger partial charge in [-0.1, -0.05) is 33.2 Å². The van der Waals surface area contributed by atoms with E-state index >= 15 is 0 Å². The molecule has 0 unspecified atom stereocenters. The van der Waals surface area contributed by atoms with Gasteiger partial charge in [0.15, 0.2) is 5.84 Å². The Morgan fingerprint density at radius 2 is 2.05 bits per heavy atom. The van der Waals surface area contributed by atoms with Crippen LogP contribution < -0.4 is 10.6 Å². The van der Waals surface area contributed by atoms with Crippen LogP contribution in [0, 0.1) is 0 Å². The molecule has 0 spiro atoms. The lowest BCUT2D eigenvalue weighted by atomic mass is 10.2. The Bertz CT molecular complexity index is 613. The summed E-state index contributed by atoms with van der Waals surface area (Å²) in [6.45, 7) is 0.699. The largest absolute Gasteiger partial charge is 0.409 e. The van der Waals surface area contributed by atoms with Crippen LogP contribution in [0.3, 0.4) is 0 Å². The summed E-state index contributed by atoms with van der Waals surface area (Å²) < 4.78 is 1.04. The molecule has 1 heterocycles. The molecule has 20 heavy (non-hydrogen) atoms. The maximum absolute atomic E-state index is 8.81. The van der Waals surface area contributed by atoms with Gasteiger partial charge < -0.3 is 15.8 Å². The normalized spacial score (nSPS) is 11.4. The maximum Gasteiger partial charge on any atom is 0.190 e. The van der Waals surface area contributed by atoms with E-state index in [1.54, 1.807) is 6.20 Å². The zero-order valence-electron chi connectivity index (χ0n) is 11.0. The predicted octanol–water partition coefficient (Wildman–Crippen LogP) is 2.58. The fraction of sp³-hybridized carbons (Fsp3) is 0.143. The van der Waals surface area contributed by atoms with E-state index in [0.29, 0.717) is 12.2 Å². The molecule has 2 rings (SSSR count). The number of rotatable bonds is 4. The van der Waals surface area contributed by atoms with Crippen molar-refractivity contribution in [3.05, 3.63) is 58.3 Å². The third kappa shape index (κ3) is 3.27. The van der Waals surface area contributed by atoms with E-state index in [1.807, 2.05) is 48.3 Å². The molecular weight excluding hydrogens is 320 g/mol. The second kappa shape index (κ2) is 6.38.